The number of hydrogen-bond acceptors (Lipinski definition) is 7. The van der Waals surface area contributed by atoms with Gasteiger partial charge in [0, 0.05) is 30.2 Å². The largest absolute Gasteiger partial charge is 0.378 e. The number of benzene rings is 1. The highest BCUT2D eigenvalue weighted by Crippen LogP contribution is 2.43. The Morgan fingerprint density at radius 2 is 2.00 bits per heavy atom. The summed E-state index contributed by atoms with van der Waals surface area (Å²) in [6.45, 7) is 4.58. The number of fused-ring (bicyclic) bond motifs is 1. The van der Waals surface area contributed by atoms with E-state index in [1.54, 1.807) is 6.20 Å². The molecule has 1 saturated carbocycles. The number of anilines is 3. The summed E-state index contributed by atoms with van der Waals surface area (Å²) in [5.41, 5.74) is 6.06. The molecule has 0 spiro atoms. The highest BCUT2D eigenvalue weighted by atomic mass is 35.5. The first-order valence-electron chi connectivity index (χ1n) is 12.5. The van der Waals surface area contributed by atoms with E-state index in [9.17, 15) is 13.6 Å². The van der Waals surface area contributed by atoms with E-state index < -0.39 is 17.0 Å². The van der Waals surface area contributed by atoms with Gasteiger partial charge in [0.1, 0.15) is 11.3 Å². The van der Waals surface area contributed by atoms with Crippen LogP contribution in [0.3, 0.4) is 0 Å². The van der Waals surface area contributed by atoms with Gasteiger partial charge in [-0.15, -0.1) is 0 Å². The van der Waals surface area contributed by atoms with Crippen molar-refractivity contribution >= 4 is 46.3 Å². The summed E-state index contributed by atoms with van der Waals surface area (Å²) < 4.78 is 35.8. The molecule has 1 saturated heterocycles. The van der Waals surface area contributed by atoms with E-state index in [0.717, 1.165) is 25.0 Å². The third-order valence-electron chi connectivity index (χ3n) is 7.51. The van der Waals surface area contributed by atoms with Gasteiger partial charge in [0.25, 0.3) is 0 Å². The predicted octanol–water partition coefficient (Wildman–Crippen LogP) is 5.09. The zero-order valence-corrected chi connectivity index (χ0v) is 21.5. The number of primary amides is 1. The third kappa shape index (κ3) is 5.19. The van der Waals surface area contributed by atoms with Crippen LogP contribution >= 0.6 is 11.6 Å². The van der Waals surface area contributed by atoms with E-state index in [2.05, 4.69) is 20.6 Å². The smallest absolute Gasteiger partial charge is 0.224 e. The van der Waals surface area contributed by atoms with Crippen molar-refractivity contribution in [3.63, 3.8) is 0 Å². The number of carbonyl (C=O) groups excluding carboxylic acids is 1. The molecule has 0 bridgehead atoms. The first kappa shape index (κ1) is 25.6. The number of nitrogens with one attached hydrogen (secondary N) is 2. The maximum Gasteiger partial charge on any atom is 0.224 e. The summed E-state index contributed by atoms with van der Waals surface area (Å²) in [6.07, 6.45) is 5.91. The Morgan fingerprint density at radius 1 is 1.24 bits per heavy atom. The van der Waals surface area contributed by atoms with Crippen molar-refractivity contribution in [1.29, 1.82) is 0 Å². The van der Waals surface area contributed by atoms with Gasteiger partial charge in [-0.25, -0.2) is 18.7 Å². The maximum atomic E-state index is 14.6. The van der Waals surface area contributed by atoms with Crippen molar-refractivity contribution < 1.29 is 18.3 Å². The minimum absolute atomic E-state index is 0.0834. The Labute approximate surface area is 218 Å². The molecular weight excluding hydrogens is 504 g/mol. The lowest BCUT2D eigenvalue weighted by Crippen LogP contribution is -2.38. The van der Waals surface area contributed by atoms with Crippen molar-refractivity contribution in [3.8, 4) is 0 Å². The monoisotopic (exact) mass is 533 g/mol. The summed E-state index contributed by atoms with van der Waals surface area (Å²) in [5.74, 6) is -1.16. The lowest BCUT2D eigenvalue weighted by molar-refractivity contribution is -0.128. The van der Waals surface area contributed by atoms with E-state index in [-0.39, 0.29) is 34.8 Å². The topological polar surface area (TPSA) is 120 Å². The Kier molecular flexibility index (Phi) is 6.93. The summed E-state index contributed by atoms with van der Waals surface area (Å²) in [5, 5.41) is 6.24. The number of carbonyl (C=O) groups is 1. The lowest BCUT2D eigenvalue weighted by Gasteiger charge is -2.35. The number of amides is 1. The Hall–Kier alpha value is -3.05. The first-order valence-corrected chi connectivity index (χ1v) is 12.9. The standard InChI is InChI=1S/C25H30ClF2N7O2/c1-13-9-15(5-8-37-13)31-23-30-12-19-21(34-23)35(16-3-6-25(2,7-4-16)22(29)36)24(32-19)33-20-17(26)10-14(27)11-18(20)28/h10-13,15-16H,3-9H2,1-2H3,(H2,29,36)(H,32,33)(H,30,31,34)/t13-,15-,16?,25?/m0/s1. The van der Waals surface area contributed by atoms with Gasteiger partial charge in [-0.2, -0.15) is 4.98 Å². The van der Waals surface area contributed by atoms with Crippen LogP contribution in [0.5, 0.6) is 0 Å². The van der Waals surface area contributed by atoms with Crippen LogP contribution < -0.4 is 16.4 Å². The highest BCUT2D eigenvalue weighted by Gasteiger charge is 2.38. The second kappa shape index (κ2) is 10.0. The molecule has 2 atom stereocenters. The van der Waals surface area contributed by atoms with Gasteiger partial charge in [-0.05, 0) is 51.5 Å². The molecule has 12 heteroatoms. The Bertz CT molecular complexity index is 1300. The van der Waals surface area contributed by atoms with Crippen molar-refractivity contribution in [2.75, 3.05) is 17.2 Å². The molecule has 37 heavy (non-hydrogen) atoms. The fourth-order valence-corrected chi connectivity index (χ4v) is 5.47. The quantitative estimate of drug-likeness (QED) is 0.404. The van der Waals surface area contributed by atoms with Crippen LogP contribution in [0, 0.1) is 17.0 Å². The van der Waals surface area contributed by atoms with Crippen molar-refractivity contribution in [2.24, 2.45) is 11.1 Å². The number of nitrogens with two attached hydrogens (primary N) is 1. The molecule has 4 N–H and O–H groups in total. The van der Waals surface area contributed by atoms with Gasteiger partial charge in [0.05, 0.1) is 23.0 Å². The molecule has 2 aromatic heterocycles. The van der Waals surface area contributed by atoms with Gasteiger partial charge in [0.15, 0.2) is 11.5 Å². The molecule has 0 unspecified atom stereocenters. The van der Waals surface area contributed by atoms with Crippen molar-refractivity contribution in [3.05, 3.63) is 35.0 Å². The van der Waals surface area contributed by atoms with E-state index in [0.29, 0.717) is 55.4 Å². The SMILES string of the molecule is C[C@H]1C[C@@H](Nc2ncc3nc(Nc4c(F)cc(F)cc4Cl)n(C4CCC(C)(C(N)=O)CC4)c3n2)CCO1. The Balaban J connectivity index is 1.52. The summed E-state index contributed by atoms with van der Waals surface area (Å²) >= 11 is 6.16. The number of hydrogen-bond donors (Lipinski definition) is 3. The van der Waals surface area contributed by atoms with E-state index in [1.807, 2.05) is 18.4 Å². The number of ether oxygens (including phenoxy) is 1. The van der Waals surface area contributed by atoms with E-state index in [1.165, 1.54) is 0 Å². The Morgan fingerprint density at radius 3 is 2.68 bits per heavy atom. The van der Waals surface area contributed by atoms with Crippen LogP contribution in [0.2, 0.25) is 5.02 Å². The fraction of sp³-hybridized carbons (Fsp3) is 0.520. The zero-order chi connectivity index (χ0) is 26.3. The van der Waals surface area contributed by atoms with Gasteiger partial charge in [0.2, 0.25) is 17.8 Å². The van der Waals surface area contributed by atoms with Gasteiger partial charge in [-0.3, -0.25) is 9.36 Å². The van der Waals surface area contributed by atoms with E-state index in [4.69, 9.17) is 27.1 Å². The molecule has 5 rings (SSSR count). The number of aromatic nitrogens is 4. The maximum absolute atomic E-state index is 14.6. The second-order valence-electron chi connectivity index (χ2n) is 10.3. The summed E-state index contributed by atoms with van der Waals surface area (Å²) in [7, 11) is 0. The molecular formula is C25H30ClF2N7O2. The van der Waals surface area contributed by atoms with Gasteiger partial charge in [-0.1, -0.05) is 18.5 Å². The summed E-state index contributed by atoms with van der Waals surface area (Å²) in [4.78, 5) is 25.9. The number of nitrogens with zero attached hydrogens (tertiary/aromatic N) is 4. The summed E-state index contributed by atoms with van der Waals surface area (Å²) in [6, 6.07) is 1.88. The highest BCUT2D eigenvalue weighted by molar-refractivity contribution is 6.33. The minimum Gasteiger partial charge on any atom is -0.378 e. The number of halogens is 3. The average Bonchev–Trinajstić information content (AvgIpc) is 3.19. The molecule has 1 aromatic carbocycles. The fourth-order valence-electron chi connectivity index (χ4n) is 5.22. The molecule has 0 radical (unpaired) electrons. The van der Waals surface area contributed by atoms with Crippen LogP contribution in [-0.2, 0) is 9.53 Å². The molecule has 3 heterocycles. The molecule has 2 fully saturated rings. The second-order valence-corrected chi connectivity index (χ2v) is 10.7. The average molecular weight is 534 g/mol. The van der Waals surface area contributed by atoms with Gasteiger partial charge < -0.3 is 21.1 Å². The van der Waals surface area contributed by atoms with Crippen molar-refractivity contribution in [2.45, 2.75) is 70.6 Å². The molecule has 1 amide bonds. The van der Waals surface area contributed by atoms with Crippen LogP contribution in [0.25, 0.3) is 11.2 Å². The molecule has 3 aromatic rings. The molecule has 198 valence electrons. The number of imidazole rings is 1. The van der Waals surface area contributed by atoms with Crippen molar-refractivity contribution in [1.82, 2.24) is 19.5 Å². The molecule has 9 nitrogen and oxygen atoms in total. The molecule has 1 aliphatic heterocycles. The van der Waals surface area contributed by atoms with Gasteiger partial charge >= 0.3 is 0 Å². The minimum atomic E-state index is -0.837. The molecule has 1 aliphatic carbocycles. The molecule has 2 aliphatic rings. The predicted molar refractivity (Wildman–Crippen MR) is 137 cm³/mol. The number of rotatable bonds is 6. The third-order valence-corrected chi connectivity index (χ3v) is 7.81. The van der Waals surface area contributed by atoms with Crippen LogP contribution in [0.15, 0.2) is 18.3 Å². The van der Waals surface area contributed by atoms with Crippen LogP contribution in [0.4, 0.5) is 26.4 Å². The van der Waals surface area contributed by atoms with Crippen LogP contribution in [0.1, 0.15) is 58.4 Å². The zero-order valence-electron chi connectivity index (χ0n) is 20.7. The normalized spacial score (nSPS) is 26.2. The van der Waals surface area contributed by atoms with E-state index >= 15 is 0 Å². The van der Waals surface area contributed by atoms with Crippen LogP contribution in [-0.4, -0.2) is 44.2 Å². The first-order chi connectivity index (χ1) is 17.6. The lowest BCUT2D eigenvalue weighted by atomic mass is 9.73.